The minimum absolute atomic E-state index is 0.0317. The summed E-state index contributed by atoms with van der Waals surface area (Å²) in [5, 5.41) is 3.89. The summed E-state index contributed by atoms with van der Waals surface area (Å²) >= 11 is 0. The van der Waals surface area contributed by atoms with Crippen molar-refractivity contribution in [2.24, 2.45) is 0 Å². The van der Waals surface area contributed by atoms with Crippen LogP contribution in [0.5, 0.6) is 0 Å². The number of furan rings is 1. The molecular formula is C24H17N3O3. The molecule has 0 aliphatic carbocycles. The van der Waals surface area contributed by atoms with Gasteiger partial charge >= 0.3 is 0 Å². The minimum Gasteiger partial charge on any atom is -0.459 e. The van der Waals surface area contributed by atoms with Gasteiger partial charge in [0, 0.05) is 17.8 Å². The van der Waals surface area contributed by atoms with Gasteiger partial charge in [0.05, 0.1) is 0 Å². The molecule has 30 heavy (non-hydrogen) atoms. The number of hydrogen-bond donors (Lipinski definition) is 1. The second-order valence-corrected chi connectivity index (χ2v) is 6.91. The molecule has 0 aliphatic heterocycles. The van der Waals surface area contributed by atoms with E-state index in [-0.39, 0.29) is 5.56 Å². The van der Waals surface area contributed by atoms with Crippen molar-refractivity contribution in [2.45, 2.75) is 6.04 Å². The van der Waals surface area contributed by atoms with E-state index >= 15 is 0 Å². The fourth-order valence-electron chi connectivity index (χ4n) is 3.50. The van der Waals surface area contributed by atoms with Crippen molar-refractivity contribution in [3.63, 3.8) is 0 Å². The molecule has 5 rings (SSSR count). The summed E-state index contributed by atoms with van der Waals surface area (Å²) in [6.07, 6.45) is 2.91. The summed E-state index contributed by atoms with van der Waals surface area (Å²) in [4.78, 5) is 30.1. The molecule has 6 nitrogen and oxygen atoms in total. The number of amides is 1. The zero-order chi connectivity index (χ0) is 20.5. The Morgan fingerprint density at radius 1 is 0.967 bits per heavy atom. The lowest BCUT2D eigenvalue weighted by Gasteiger charge is -2.17. The second kappa shape index (κ2) is 7.33. The third-order valence-electron chi connectivity index (χ3n) is 5.00. The Labute approximate surface area is 171 Å². The molecule has 5 aromatic rings. The van der Waals surface area contributed by atoms with E-state index in [9.17, 15) is 9.59 Å². The number of carbonyl (C=O) groups excluding carboxylic acids is 1. The first-order chi connectivity index (χ1) is 14.7. The number of pyridine rings is 1. The van der Waals surface area contributed by atoms with E-state index in [1.165, 1.54) is 10.6 Å². The molecule has 0 spiro atoms. The zero-order valence-corrected chi connectivity index (χ0v) is 15.9. The molecule has 6 heteroatoms. The highest BCUT2D eigenvalue weighted by molar-refractivity contribution is 5.94. The van der Waals surface area contributed by atoms with Gasteiger partial charge in [-0.3, -0.25) is 14.0 Å². The van der Waals surface area contributed by atoms with Gasteiger partial charge in [-0.15, -0.1) is 0 Å². The maximum atomic E-state index is 13.1. The van der Waals surface area contributed by atoms with Crippen LogP contribution >= 0.6 is 0 Å². The van der Waals surface area contributed by atoms with Crippen molar-refractivity contribution in [1.82, 2.24) is 14.7 Å². The number of benzene rings is 2. The van der Waals surface area contributed by atoms with Gasteiger partial charge in [0.15, 0.2) is 0 Å². The SMILES string of the molecule is O=C(NC(c1ccccc1)c1cc2ccccc2o1)c1cnc2ccccn2c1=O. The molecule has 1 atom stereocenters. The van der Waals surface area contributed by atoms with E-state index in [0.29, 0.717) is 11.4 Å². The van der Waals surface area contributed by atoms with Crippen molar-refractivity contribution in [1.29, 1.82) is 0 Å². The summed E-state index contributed by atoms with van der Waals surface area (Å²) in [6.45, 7) is 0. The van der Waals surface area contributed by atoms with Crippen molar-refractivity contribution in [3.05, 3.63) is 118 Å². The van der Waals surface area contributed by atoms with Crippen molar-refractivity contribution in [3.8, 4) is 0 Å². The van der Waals surface area contributed by atoms with Gasteiger partial charge in [0.1, 0.15) is 28.6 Å². The molecule has 1 amide bonds. The van der Waals surface area contributed by atoms with Crippen LogP contribution in [0.25, 0.3) is 16.6 Å². The molecule has 146 valence electrons. The zero-order valence-electron chi connectivity index (χ0n) is 15.9. The maximum Gasteiger partial charge on any atom is 0.270 e. The molecule has 2 aromatic carbocycles. The third kappa shape index (κ3) is 3.14. The molecule has 0 bridgehead atoms. The number of aromatic nitrogens is 2. The first kappa shape index (κ1) is 17.9. The molecule has 1 unspecified atom stereocenters. The minimum atomic E-state index is -0.554. The first-order valence-electron chi connectivity index (χ1n) is 9.51. The van der Waals surface area contributed by atoms with Crippen LogP contribution in [0.15, 0.2) is 100 Å². The highest BCUT2D eigenvalue weighted by Gasteiger charge is 2.23. The lowest BCUT2D eigenvalue weighted by Crippen LogP contribution is -2.34. The highest BCUT2D eigenvalue weighted by atomic mass is 16.3. The van der Waals surface area contributed by atoms with E-state index in [0.717, 1.165) is 16.5 Å². The summed E-state index contributed by atoms with van der Waals surface area (Å²) in [5.41, 5.74) is 1.61. The van der Waals surface area contributed by atoms with Gasteiger partial charge in [-0.2, -0.15) is 0 Å². The number of carbonyl (C=O) groups is 1. The predicted molar refractivity (Wildman–Crippen MR) is 113 cm³/mol. The topological polar surface area (TPSA) is 76.6 Å². The number of hydrogen-bond acceptors (Lipinski definition) is 4. The Hall–Kier alpha value is -4.19. The van der Waals surface area contributed by atoms with Crippen LogP contribution in [0.2, 0.25) is 0 Å². The molecular weight excluding hydrogens is 378 g/mol. The molecule has 0 saturated heterocycles. The molecule has 1 N–H and O–H groups in total. The summed E-state index contributed by atoms with van der Waals surface area (Å²) < 4.78 is 7.36. The Bertz CT molecular complexity index is 1390. The third-order valence-corrected chi connectivity index (χ3v) is 5.00. The first-order valence-corrected chi connectivity index (χ1v) is 9.51. The van der Waals surface area contributed by atoms with Crippen molar-refractivity contribution >= 4 is 22.5 Å². The van der Waals surface area contributed by atoms with Crippen LogP contribution < -0.4 is 10.9 Å². The molecule has 3 aromatic heterocycles. The van der Waals surface area contributed by atoms with Crippen LogP contribution in [-0.2, 0) is 0 Å². The normalized spacial score (nSPS) is 12.1. The Balaban J connectivity index is 1.56. The van der Waals surface area contributed by atoms with Gasteiger partial charge in [0.2, 0.25) is 0 Å². The predicted octanol–water partition coefficient (Wildman–Crippen LogP) is 3.96. The van der Waals surface area contributed by atoms with E-state index in [1.54, 1.807) is 24.4 Å². The van der Waals surface area contributed by atoms with Crippen LogP contribution in [0.1, 0.15) is 27.7 Å². The lowest BCUT2D eigenvalue weighted by atomic mass is 10.0. The Morgan fingerprint density at radius 2 is 1.73 bits per heavy atom. The second-order valence-electron chi connectivity index (χ2n) is 6.91. The number of rotatable bonds is 4. The van der Waals surface area contributed by atoms with Gasteiger partial charge in [-0.1, -0.05) is 54.6 Å². The van der Waals surface area contributed by atoms with E-state index in [4.69, 9.17) is 4.42 Å². The highest BCUT2D eigenvalue weighted by Crippen LogP contribution is 2.28. The lowest BCUT2D eigenvalue weighted by molar-refractivity contribution is 0.0937. The number of fused-ring (bicyclic) bond motifs is 2. The average Bonchev–Trinajstić information content (AvgIpc) is 3.22. The van der Waals surface area contributed by atoms with Crippen molar-refractivity contribution < 1.29 is 9.21 Å². The van der Waals surface area contributed by atoms with E-state index < -0.39 is 17.5 Å². The summed E-state index contributed by atoms with van der Waals surface area (Å²) in [6, 6.07) is 23.7. The quantitative estimate of drug-likeness (QED) is 0.500. The van der Waals surface area contributed by atoms with E-state index in [2.05, 4.69) is 10.3 Å². The molecule has 0 saturated carbocycles. The summed E-state index contributed by atoms with van der Waals surface area (Å²) in [7, 11) is 0. The van der Waals surface area contributed by atoms with Crippen LogP contribution in [0.3, 0.4) is 0 Å². The Kier molecular flexibility index (Phi) is 4.37. The largest absolute Gasteiger partial charge is 0.459 e. The number of nitrogens with one attached hydrogen (secondary N) is 1. The number of para-hydroxylation sites is 1. The number of nitrogens with zero attached hydrogens (tertiary/aromatic N) is 2. The van der Waals surface area contributed by atoms with Gasteiger partial charge in [0.25, 0.3) is 11.5 Å². The molecule has 3 heterocycles. The fourth-order valence-corrected chi connectivity index (χ4v) is 3.50. The van der Waals surface area contributed by atoms with Gasteiger partial charge in [-0.25, -0.2) is 4.98 Å². The molecule has 0 aliphatic rings. The average molecular weight is 395 g/mol. The molecule has 0 radical (unpaired) electrons. The van der Waals surface area contributed by atoms with E-state index in [1.807, 2.05) is 60.7 Å². The van der Waals surface area contributed by atoms with Crippen molar-refractivity contribution in [2.75, 3.05) is 0 Å². The van der Waals surface area contributed by atoms with Gasteiger partial charge < -0.3 is 9.73 Å². The molecule has 0 fully saturated rings. The fraction of sp³-hybridized carbons (Fsp3) is 0.0417. The maximum absolute atomic E-state index is 13.1. The van der Waals surface area contributed by atoms with Gasteiger partial charge in [-0.05, 0) is 29.8 Å². The van der Waals surface area contributed by atoms with Crippen LogP contribution in [0, 0.1) is 0 Å². The standard InChI is InChI=1S/C24H17N3O3/c28-23(18-15-25-21-12-6-7-13-27(21)24(18)29)26-22(16-8-2-1-3-9-16)20-14-17-10-4-5-11-19(17)30-20/h1-15,22H,(H,26,28). The Morgan fingerprint density at radius 3 is 2.57 bits per heavy atom. The smallest absolute Gasteiger partial charge is 0.270 e. The summed E-state index contributed by atoms with van der Waals surface area (Å²) in [5.74, 6) is 0.0738. The monoisotopic (exact) mass is 395 g/mol. The van der Waals surface area contributed by atoms with Crippen LogP contribution in [0.4, 0.5) is 0 Å². The van der Waals surface area contributed by atoms with Crippen LogP contribution in [-0.4, -0.2) is 15.3 Å².